The number of aromatic nitrogens is 1. The lowest BCUT2D eigenvalue weighted by Gasteiger charge is -2.50. The highest BCUT2D eigenvalue weighted by atomic mass is 32.2. The van der Waals surface area contributed by atoms with Crippen LogP contribution in [0.4, 0.5) is 5.13 Å². The monoisotopic (exact) mass is 725 g/mol. The van der Waals surface area contributed by atoms with Crippen molar-refractivity contribution in [1.82, 2.24) is 15.2 Å². The predicted octanol–water partition coefficient (Wildman–Crippen LogP) is 5.28. The highest BCUT2D eigenvalue weighted by molar-refractivity contribution is 8.03. The zero-order valence-electron chi connectivity index (χ0n) is 28.7. The molecule has 2 unspecified atom stereocenters. The summed E-state index contributed by atoms with van der Waals surface area (Å²) in [5.74, 6) is -1.49. The molecule has 0 bridgehead atoms. The third-order valence-corrected chi connectivity index (χ3v) is 10.3. The normalized spacial score (nSPS) is 17.7. The van der Waals surface area contributed by atoms with E-state index in [0.29, 0.717) is 15.8 Å². The number of carbonyl (C=O) groups excluding carboxylic acids is 3. The van der Waals surface area contributed by atoms with E-state index in [1.54, 1.807) is 33.1 Å². The molecule has 0 saturated carbocycles. The topological polar surface area (TPSA) is 142 Å². The number of aliphatic hydroxyl groups excluding tert-OH is 1. The van der Waals surface area contributed by atoms with Gasteiger partial charge in [-0.2, -0.15) is 0 Å². The Morgan fingerprint density at radius 3 is 2.04 bits per heavy atom. The largest absolute Gasteiger partial charge is 0.455 e. The molecule has 0 radical (unpaired) electrons. The third kappa shape index (κ3) is 7.27. The van der Waals surface area contributed by atoms with Crippen molar-refractivity contribution in [3.8, 4) is 0 Å². The van der Waals surface area contributed by atoms with Gasteiger partial charge in [0.15, 0.2) is 10.8 Å². The van der Waals surface area contributed by atoms with Crippen molar-refractivity contribution < 1.29 is 29.1 Å². The average molecular weight is 726 g/mol. The van der Waals surface area contributed by atoms with Crippen LogP contribution < -0.4 is 10.6 Å². The van der Waals surface area contributed by atoms with Crippen LogP contribution in [-0.4, -0.2) is 75.1 Å². The molecule has 1 saturated heterocycles. The molecule has 13 heteroatoms. The first-order chi connectivity index (χ1) is 24.6. The Balaban J connectivity index is 1.29. The van der Waals surface area contributed by atoms with Crippen LogP contribution in [0.2, 0.25) is 0 Å². The molecule has 264 valence electrons. The van der Waals surface area contributed by atoms with E-state index in [0.717, 1.165) is 16.7 Å². The van der Waals surface area contributed by atoms with Gasteiger partial charge in [-0.15, -0.1) is 23.1 Å². The predicted molar refractivity (Wildman–Crippen MR) is 198 cm³/mol. The first kappa shape index (κ1) is 35.8. The quantitative estimate of drug-likeness (QED) is 0.0585. The second kappa shape index (κ2) is 15.1. The number of oxime groups is 1. The summed E-state index contributed by atoms with van der Waals surface area (Å²) >= 11 is 2.56. The van der Waals surface area contributed by atoms with Crippen LogP contribution in [0.1, 0.15) is 50.1 Å². The van der Waals surface area contributed by atoms with Gasteiger partial charge in [0.05, 0.1) is 12.6 Å². The molecule has 0 aliphatic carbocycles. The molecule has 11 nitrogen and oxygen atoms in total. The molecular formula is C38H39N5O6S2. The Kier molecular flexibility index (Phi) is 10.6. The Morgan fingerprint density at radius 1 is 0.961 bits per heavy atom. The first-order valence-corrected chi connectivity index (χ1v) is 18.4. The molecule has 0 spiro atoms. The summed E-state index contributed by atoms with van der Waals surface area (Å²) in [6.07, 6.45) is 0. The van der Waals surface area contributed by atoms with Crippen LogP contribution >= 0.6 is 23.1 Å². The number of rotatable bonds is 12. The van der Waals surface area contributed by atoms with Gasteiger partial charge in [0.2, 0.25) is 0 Å². The van der Waals surface area contributed by atoms with Crippen LogP contribution in [0.5, 0.6) is 0 Å². The molecule has 1 fully saturated rings. The molecule has 3 N–H and O–H groups in total. The van der Waals surface area contributed by atoms with E-state index in [4.69, 9.17) is 14.6 Å². The molecular weight excluding hydrogens is 687 g/mol. The number of benzene rings is 3. The first-order valence-electron chi connectivity index (χ1n) is 16.5. The number of β-lactam (4-membered cyclic amide) rings is 1. The van der Waals surface area contributed by atoms with E-state index >= 15 is 0 Å². The molecule has 3 heterocycles. The SMILES string of the molecule is CCON=C(C(=O)NC1C(=O)N2C(C(=O)OC(C)(C)C)=C(CO)SCC12)c1csc(NC(c2ccccc2)(c2ccccc2)c2ccccc2)n1. The van der Waals surface area contributed by atoms with E-state index in [1.165, 1.54) is 28.0 Å². The Bertz CT molecular complexity index is 1850. The van der Waals surface area contributed by atoms with Gasteiger partial charge in [0, 0.05) is 16.0 Å². The van der Waals surface area contributed by atoms with Crippen LogP contribution in [0, 0.1) is 0 Å². The highest BCUT2D eigenvalue weighted by Gasteiger charge is 2.54. The average Bonchev–Trinajstić information content (AvgIpc) is 3.60. The number of thiazole rings is 1. The van der Waals surface area contributed by atoms with Crippen molar-refractivity contribution in [3.05, 3.63) is 129 Å². The number of hydrogen-bond donors (Lipinski definition) is 3. The fraction of sp³-hybridized carbons (Fsp3) is 0.289. The summed E-state index contributed by atoms with van der Waals surface area (Å²) < 4.78 is 5.54. The van der Waals surface area contributed by atoms with Crippen molar-refractivity contribution in [2.45, 2.75) is 50.9 Å². The maximum atomic E-state index is 13.9. The lowest BCUT2D eigenvalue weighted by Crippen LogP contribution is -2.73. The molecule has 1 aromatic heterocycles. The molecule has 2 aliphatic heterocycles. The molecule has 2 amide bonds. The van der Waals surface area contributed by atoms with E-state index < -0.39 is 47.6 Å². The number of amides is 2. The number of thioether (sulfide) groups is 1. The number of hydrogen-bond acceptors (Lipinski definition) is 11. The number of nitrogens with zero attached hydrogens (tertiary/aromatic N) is 3. The van der Waals surface area contributed by atoms with E-state index in [1.807, 2.05) is 54.6 Å². The highest BCUT2D eigenvalue weighted by Crippen LogP contribution is 2.42. The molecule has 2 atom stereocenters. The van der Waals surface area contributed by atoms with Gasteiger partial charge >= 0.3 is 5.97 Å². The van der Waals surface area contributed by atoms with Crippen LogP contribution in [-0.2, 0) is 29.5 Å². The van der Waals surface area contributed by atoms with Crippen molar-refractivity contribution >= 4 is 51.7 Å². The zero-order chi connectivity index (χ0) is 36.2. The van der Waals surface area contributed by atoms with Gasteiger partial charge in [0.25, 0.3) is 11.8 Å². The minimum atomic E-state index is -0.937. The maximum absolute atomic E-state index is 13.9. The third-order valence-electron chi connectivity index (χ3n) is 8.34. The van der Waals surface area contributed by atoms with Crippen LogP contribution in [0.3, 0.4) is 0 Å². The van der Waals surface area contributed by atoms with E-state index in [-0.39, 0.29) is 23.7 Å². The fourth-order valence-corrected chi connectivity index (χ4v) is 8.00. The summed E-state index contributed by atoms with van der Waals surface area (Å²) in [4.78, 5) is 52.3. The number of nitrogens with one attached hydrogen (secondary N) is 2. The van der Waals surface area contributed by atoms with Gasteiger partial charge in [-0.25, -0.2) is 9.78 Å². The number of aliphatic hydroxyl groups is 1. The summed E-state index contributed by atoms with van der Waals surface area (Å²) in [6.45, 7) is 6.70. The minimum Gasteiger partial charge on any atom is -0.455 e. The summed E-state index contributed by atoms with van der Waals surface area (Å²) in [7, 11) is 0. The Morgan fingerprint density at radius 2 is 1.53 bits per heavy atom. The van der Waals surface area contributed by atoms with Crippen molar-refractivity contribution in [1.29, 1.82) is 0 Å². The van der Waals surface area contributed by atoms with Gasteiger partial charge < -0.3 is 25.3 Å². The van der Waals surface area contributed by atoms with E-state index in [2.05, 4.69) is 52.2 Å². The number of ether oxygens (including phenoxy) is 1. The second-order valence-corrected chi connectivity index (χ2v) is 14.8. The molecule has 3 aromatic carbocycles. The van der Waals surface area contributed by atoms with Crippen molar-refractivity contribution in [2.75, 3.05) is 24.3 Å². The summed E-state index contributed by atoms with van der Waals surface area (Å²) in [5, 5.41) is 22.8. The second-order valence-electron chi connectivity index (χ2n) is 12.8. The van der Waals surface area contributed by atoms with E-state index in [9.17, 15) is 19.5 Å². The molecule has 2 aliphatic rings. The lowest BCUT2D eigenvalue weighted by molar-refractivity contribution is -0.160. The lowest BCUT2D eigenvalue weighted by atomic mass is 9.77. The summed E-state index contributed by atoms with van der Waals surface area (Å²) in [5.41, 5.74) is 1.48. The smallest absolute Gasteiger partial charge is 0.356 e. The van der Waals surface area contributed by atoms with Gasteiger partial charge in [-0.3, -0.25) is 14.5 Å². The minimum absolute atomic E-state index is 0.00123. The standard InChI is InChI=1S/C38H39N5O6S2/c1-5-48-42-30(33(45)40-31-28-23-50-29(21-44)32(43(28)34(31)46)35(47)49-37(2,3)4)27-22-51-36(39-27)41-38(24-15-9-6-10-16-24,25-17-11-7-12-18-25)26-19-13-8-14-20-26/h6-20,22,28,31,44H,5,21,23H2,1-4H3,(H,39,41)(H,40,45). The van der Waals surface area contributed by atoms with Crippen LogP contribution in [0.25, 0.3) is 0 Å². The molecule has 4 aromatic rings. The molecule has 6 rings (SSSR count). The van der Waals surface area contributed by atoms with Crippen LogP contribution in [0.15, 0.2) is 112 Å². The van der Waals surface area contributed by atoms with Gasteiger partial charge in [-0.1, -0.05) is 96.2 Å². The van der Waals surface area contributed by atoms with Crippen molar-refractivity contribution in [3.63, 3.8) is 0 Å². The fourth-order valence-electron chi connectivity index (χ4n) is 6.12. The number of anilines is 1. The zero-order valence-corrected chi connectivity index (χ0v) is 30.3. The van der Waals surface area contributed by atoms with Crippen molar-refractivity contribution in [2.24, 2.45) is 5.16 Å². The number of carbonyl (C=O) groups is 3. The summed E-state index contributed by atoms with van der Waals surface area (Å²) in [6, 6.07) is 28.8. The number of esters is 1. The molecule has 51 heavy (non-hydrogen) atoms. The Hall–Kier alpha value is -4.98. The van der Waals surface area contributed by atoms with Gasteiger partial charge in [0.1, 0.15) is 35.2 Å². The maximum Gasteiger partial charge on any atom is 0.356 e. The van der Waals surface area contributed by atoms with Gasteiger partial charge in [-0.05, 0) is 44.4 Å². The number of fused-ring (bicyclic) bond motifs is 1. The Labute approximate surface area is 304 Å².